The number of likely N-dealkylation sites (N-methyl/N-ethyl adjacent to an activating group) is 1. The number of nitrogens with one attached hydrogen (secondary N) is 1. The molecule has 0 aliphatic carbocycles. The van der Waals surface area contributed by atoms with Gasteiger partial charge in [0.25, 0.3) is 0 Å². The van der Waals surface area contributed by atoms with Gasteiger partial charge >= 0.3 is 11.8 Å². The molecule has 0 bridgehead atoms. The van der Waals surface area contributed by atoms with Crippen molar-refractivity contribution >= 4 is 40.4 Å². The number of thiophene rings is 1. The third-order valence-corrected chi connectivity index (χ3v) is 3.66. The summed E-state index contributed by atoms with van der Waals surface area (Å²) in [5.41, 5.74) is 5.25. The molecule has 18 heavy (non-hydrogen) atoms. The minimum absolute atomic E-state index is 0.0289. The lowest BCUT2D eigenvalue weighted by atomic mass is 10.2. The van der Waals surface area contributed by atoms with Crippen LogP contribution in [0.3, 0.4) is 0 Å². The van der Waals surface area contributed by atoms with Crippen LogP contribution in [0.15, 0.2) is 17.5 Å². The minimum atomic E-state index is -0.700. The van der Waals surface area contributed by atoms with Gasteiger partial charge in [-0.05, 0) is 18.4 Å². The second-order valence-corrected chi connectivity index (χ2v) is 5.26. The summed E-state index contributed by atoms with van der Waals surface area (Å²) < 4.78 is 0. The van der Waals surface area contributed by atoms with E-state index < -0.39 is 11.8 Å². The molecule has 1 unspecified atom stereocenters. The molecule has 0 saturated heterocycles. The summed E-state index contributed by atoms with van der Waals surface area (Å²) in [6.07, 6.45) is 0. The first-order valence-electron chi connectivity index (χ1n) is 5.30. The summed E-state index contributed by atoms with van der Waals surface area (Å²) >= 11 is 6.16. The Morgan fingerprint density at radius 2 is 2.28 bits per heavy atom. The molecule has 0 aromatic carbocycles. The van der Waals surface area contributed by atoms with Crippen molar-refractivity contribution in [3.05, 3.63) is 22.4 Å². The Balaban J connectivity index is 2.60. The number of carbonyl (C=O) groups is 2. The number of carbonyl (C=O) groups excluding carboxylic acids is 2. The Bertz CT molecular complexity index is 445. The summed E-state index contributed by atoms with van der Waals surface area (Å²) in [5, 5.41) is 4.30. The maximum absolute atomic E-state index is 11.8. The largest absolute Gasteiger partial charge is 0.392 e. The summed E-state index contributed by atoms with van der Waals surface area (Å²) in [5.74, 6) is -1.30. The van der Waals surface area contributed by atoms with E-state index in [1.807, 2.05) is 24.4 Å². The van der Waals surface area contributed by atoms with Crippen molar-refractivity contribution in [2.24, 2.45) is 5.73 Å². The zero-order chi connectivity index (χ0) is 13.7. The highest BCUT2D eigenvalue weighted by Gasteiger charge is 2.23. The van der Waals surface area contributed by atoms with Crippen molar-refractivity contribution in [3.63, 3.8) is 0 Å². The molecule has 1 aromatic heterocycles. The van der Waals surface area contributed by atoms with Gasteiger partial charge in [0.15, 0.2) is 0 Å². The quantitative estimate of drug-likeness (QED) is 0.630. The van der Waals surface area contributed by atoms with Crippen LogP contribution < -0.4 is 11.1 Å². The highest BCUT2D eigenvalue weighted by molar-refractivity contribution is 7.80. The van der Waals surface area contributed by atoms with Crippen LogP contribution in [0, 0.1) is 0 Å². The van der Waals surface area contributed by atoms with E-state index in [0.717, 1.165) is 4.88 Å². The Kier molecular flexibility index (Phi) is 5.24. The van der Waals surface area contributed by atoms with Gasteiger partial charge in [-0.25, -0.2) is 0 Å². The van der Waals surface area contributed by atoms with Crippen LogP contribution in [0.5, 0.6) is 0 Å². The first kappa shape index (κ1) is 14.6. The van der Waals surface area contributed by atoms with Crippen molar-refractivity contribution in [1.82, 2.24) is 10.2 Å². The van der Waals surface area contributed by atoms with E-state index in [1.54, 1.807) is 18.4 Å². The molecule has 1 aromatic rings. The molecular weight excluding hydrogens is 270 g/mol. The Labute approximate surface area is 115 Å². The molecule has 0 radical (unpaired) electrons. The molecule has 0 spiro atoms. The van der Waals surface area contributed by atoms with Crippen LogP contribution in [0.4, 0.5) is 0 Å². The Morgan fingerprint density at radius 3 is 2.78 bits per heavy atom. The molecular formula is C11H15N3O2S2. The zero-order valence-corrected chi connectivity index (χ0v) is 11.8. The van der Waals surface area contributed by atoms with E-state index in [1.165, 1.54) is 4.90 Å². The fraction of sp³-hybridized carbons (Fsp3) is 0.364. The lowest BCUT2D eigenvalue weighted by molar-refractivity contribution is -0.146. The highest BCUT2D eigenvalue weighted by atomic mass is 32.1. The Morgan fingerprint density at radius 1 is 1.61 bits per heavy atom. The third-order valence-electron chi connectivity index (χ3n) is 2.47. The van der Waals surface area contributed by atoms with Gasteiger partial charge in [0.1, 0.15) is 0 Å². The predicted octanol–water partition coefficient (Wildman–Crippen LogP) is 0.670. The molecule has 0 aliphatic heterocycles. The van der Waals surface area contributed by atoms with Gasteiger partial charge in [0.05, 0.1) is 17.6 Å². The molecule has 3 N–H and O–H groups in total. The zero-order valence-electron chi connectivity index (χ0n) is 10.2. The van der Waals surface area contributed by atoms with Gasteiger partial charge in [-0.1, -0.05) is 18.3 Å². The van der Waals surface area contributed by atoms with Crippen molar-refractivity contribution in [2.45, 2.75) is 13.0 Å². The molecule has 0 saturated carbocycles. The fourth-order valence-corrected chi connectivity index (χ4v) is 2.20. The normalized spacial score (nSPS) is 11.7. The van der Waals surface area contributed by atoms with E-state index in [0.29, 0.717) is 0 Å². The first-order valence-corrected chi connectivity index (χ1v) is 6.59. The number of nitrogens with two attached hydrogens (primary N) is 1. The average Bonchev–Trinajstić information content (AvgIpc) is 2.86. The molecule has 1 atom stereocenters. The summed E-state index contributed by atoms with van der Waals surface area (Å²) in [6.45, 7) is 1.89. The summed E-state index contributed by atoms with van der Waals surface area (Å²) in [6, 6.07) is 3.68. The number of rotatable bonds is 4. The number of nitrogens with zero attached hydrogens (tertiary/aromatic N) is 1. The fourth-order valence-electron chi connectivity index (χ4n) is 1.30. The van der Waals surface area contributed by atoms with E-state index in [2.05, 4.69) is 17.5 Å². The third kappa shape index (κ3) is 3.78. The molecule has 5 nitrogen and oxygen atoms in total. The molecule has 98 valence electrons. The maximum atomic E-state index is 11.8. The smallest absolute Gasteiger partial charge is 0.312 e. The number of amides is 2. The van der Waals surface area contributed by atoms with Gasteiger partial charge in [0, 0.05) is 11.9 Å². The van der Waals surface area contributed by atoms with Gasteiger partial charge in [0.2, 0.25) is 0 Å². The van der Waals surface area contributed by atoms with Crippen molar-refractivity contribution in [2.75, 3.05) is 13.6 Å². The van der Waals surface area contributed by atoms with E-state index in [-0.39, 0.29) is 17.6 Å². The van der Waals surface area contributed by atoms with Gasteiger partial charge in [-0.2, -0.15) is 0 Å². The maximum Gasteiger partial charge on any atom is 0.312 e. The van der Waals surface area contributed by atoms with Crippen LogP contribution in [-0.4, -0.2) is 35.3 Å². The topological polar surface area (TPSA) is 75.4 Å². The second kappa shape index (κ2) is 6.46. The Hall–Kier alpha value is -1.47. The SMILES string of the molecule is CC(c1cccs1)N(C)C(=O)C(=O)NCC(N)=S. The molecule has 7 heteroatoms. The number of hydrogen-bond acceptors (Lipinski definition) is 4. The first-order chi connectivity index (χ1) is 8.43. The molecule has 2 amide bonds. The van der Waals surface area contributed by atoms with E-state index in [4.69, 9.17) is 5.73 Å². The number of hydrogen-bond donors (Lipinski definition) is 2. The second-order valence-electron chi connectivity index (χ2n) is 3.76. The van der Waals surface area contributed by atoms with Gasteiger partial charge in [-0.15, -0.1) is 11.3 Å². The van der Waals surface area contributed by atoms with Gasteiger partial charge < -0.3 is 16.0 Å². The standard InChI is InChI=1S/C11H15N3O2S2/c1-7(8-4-3-5-18-8)14(2)11(16)10(15)13-6-9(12)17/h3-5,7H,6H2,1-2H3,(H2,12,17)(H,13,15). The summed E-state index contributed by atoms with van der Waals surface area (Å²) in [4.78, 5) is 25.9. The van der Waals surface area contributed by atoms with Gasteiger partial charge in [-0.3, -0.25) is 9.59 Å². The molecule has 1 heterocycles. The molecule has 0 aliphatic rings. The lowest BCUT2D eigenvalue weighted by Crippen LogP contribution is -2.44. The lowest BCUT2D eigenvalue weighted by Gasteiger charge is -2.23. The monoisotopic (exact) mass is 285 g/mol. The van der Waals surface area contributed by atoms with Crippen LogP contribution in [0.1, 0.15) is 17.8 Å². The van der Waals surface area contributed by atoms with Crippen LogP contribution in [-0.2, 0) is 9.59 Å². The highest BCUT2D eigenvalue weighted by Crippen LogP contribution is 2.23. The average molecular weight is 285 g/mol. The van der Waals surface area contributed by atoms with Crippen molar-refractivity contribution in [3.8, 4) is 0 Å². The molecule has 1 rings (SSSR count). The van der Waals surface area contributed by atoms with Crippen LogP contribution >= 0.6 is 23.6 Å². The van der Waals surface area contributed by atoms with Crippen LogP contribution in [0.2, 0.25) is 0 Å². The predicted molar refractivity (Wildman–Crippen MR) is 75.3 cm³/mol. The minimum Gasteiger partial charge on any atom is -0.392 e. The number of thiocarbonyl (C=S) groups is 1. The molecule has 0 fully saturated rings. The van der Waals surface area contributed by atoms with Crippen molar-refractivity contribution in [1.29, 1.82) is 0 Å². The van der Waals surface area contributed by atoms with Crippen LogP contribution in [0.25, 0.3) is 0 Å². The van der Waals surface area contributed by atoms with Crippen molar-refractivity contribution < 1.29 is 9.59 Å². The van der Waals surface area contributed by atoms with E-state index in [9.17, 15) is 9.59 Å². The van der Waals surface area contributed by atoms with E-state index >= 15 is 0 Å². The summed E-state index contributed by atoms with van der Waals surface area (Å²) in [7, 11) is 1.59.